The van der Waals surface area contributed by atoms with Crippen molar-refractivity contribution >= 4 is 16.9 Å². The molecule has 0 saturated heterocycles. The molecule has 0 fully saturated rings. The Labute approximate surface area is 91.4 Å². The molecule has 0 unspecified atom stereocenters. The van der Waals surface area contributed by atoms with Gasteiger partial charge in [-0.3, -0.25) is 0 Å². The molecule has 0 aromatic carbocycles. The second-order valence-corrected chi connectivity index (χ2v) is 3.41. The van der Waals surface area contributed by atoms with E-state index in [2.05, 4.69) is 19.9 Å². The van der Waals surface area contributed by atoms with Gasteiger partial charge in [0.25, 0.3) is 0 Å². The molecule has 0 spiro atoms. The SMILES string of the molecule is Nc1ccnc(-c2c[nH]c3ncccc23)n1. The van der Waals surface area contributed by atoms with Crippen molar-refractivity contribution in [1.29, 1.82) is 0 Å². The van der Waals surface area contributed by atoms with E-state index in [1.807, 2.05) is 18.3 Å². The Bertz CT molecular complexity index is 643. The predicted molar refractivity (Wildman–Crippen MR) is 61.5 cm³/mol. The van der Waals surface area contributed by atoms with Crippen LogP contribution < -0.4 is 5.73 Å². The number of anilines is 1. The van der Waals surface area contributed by atoms with Crippen molar-refractivity contribution in [1.82, 2.24) is 19.9 Å². The number of nitrogens with zero attached hydrogens (tertiary/aromatic N) is 3. The molecule has 0 amide bonds. The Morgan fingerprint density at radius 3 is 2.94 bits per heavy atom. The lowest BCUT2D eigenvalue weighted by Crippen LogP contribution is -1.93. The van der Waals surface area contributed by atoms with Crippen molar-refractivity contribution in [3.8, 4) is 11.4 Å². The third-order valence-electron chi connectivity index (χ3n) is 2.37. The molecule has 0 aliphatic carbocycles. The second kappa shape index (κ2) is 3.30. The van der Waals surface area contributed by atoms with Gasteiger partial charge in [0.1, 0.15) is 11.5 Å². The first-order valence-corrected chi connectivity index (χ1v) is 4.85. The minimum absolute atomic E-state index is 0.461. The molecular formula is C11H9N5. The molecule has 3 aromatic heterocycles. The smallest absolute Gasteiger partial charge is 0.163 e. The van der Waals surface area contributed by atoms with Crippen LogP contribution in [0.3, 0.4) is 0 Å². The molecule has 0 aliphatic rings. The van der Waals surface area contributed by atoms with Crippen molar-refractivity contribution in [3.63, 3.8) is 0 Å². The number of hydrogen-bond acceptors (Lipinski definition) is 4. The maximum Gasteiger partial charge on any atom is 0.163 e. The number of H-pyrrole nitrogens is 1. The second-order valence-electron chi connectivity index (χ2n) is 3.41. The van der Waals surface area contributed by atoms with E-state index in [0.29, 0.717) is 11.6 Å². The molecule has 3 rings (SSSR count). The molecule has 0 bridgehead atoms. The maximum atomic E-state index is 5.63. The summed E-state index contributed by atoms with van der Waals surface area (Å²) in [6.45, 7) is 0. The summed E-state index contributed by atoms with van der Waals surface area (Å²) in [7, 11) is 0. The zero-order valence-corrected chi connectivity index (χ0v) is 8.38. The van der Waals surface area contributed by atoms with E-state index in [1.54, 1.807) is 18.5 Å². The van der Waals surface area contributed by atoms with E-state index in [0.717, 1.165) is 16.6 Å². The maximum absolute atomic E-state index is 5.63. The van der Waals surface area contributed by atoms with Crippen molar-refractivity contribution in [2.75, 3.05) is 5.73 Å². The molecule has 5 heteroatoms. The predicted octanol–water partition coefficient (Wildman–Crippen LogP) is 1.60. The van der Waals surface area contributed by atoms with E-state index >= 15 is 0 Å². The molecule has 0 radical (unpaired) electrons. The average Bonchev–Trinajstić information content (AvgIpc) is 2.72. The molecule has 5 nitrogen and oxygen atoms in total. The molecular weight excluding hydrogens is 202 g/mol. The summed E-state index contributed by atoms with van der Waals surface area (Å²) in [4.78, 5) is 15.7. The first kappa shape index (κ1) is 8.84. The minimum atomic E-state index is 0.461. The molecule has 0 aliphatic heterocycles. The van der Waals surface area contributed by atoms with Crippen LogP contribution in [0.15, 0.2) is 36.8 Å². The van der Waals surface area contributed by atoms with Gasteiger partial charge in [-0.1, -0.05) is 0 Å². The van der Waals surface area contributed by atoms with Crippen LogP contribution in [0.2, 0.25) is 0 Å². The van der Waals surface area contributed by atoms with Gasteiger partial charge >= 0.3 is 0 Å². The summed E-state index contributed by atoms with van der Waals surface area (Å²) in [6.07, 6.45) is 5.22. The van der Waals surface area contributed by atoms with Gasteiger partial charge in [-0.15, -0.1) is 0 Å². The lowest BCUT2D eigenvalue weighted by atomic mass is 10.2. The minimum Gasteiger partial charge on any atom is -0.384 e. The Kier molecular flexibility index (Phi) is 1.83. The Hall–Kier alpha value is -2.43. The van der Waals surface area contributed by atoms with Crippen molar-refractivity contribution in [2.45, 2.75) is 0 Å². The number of hydrogen-bond donors (Lipinski definition) is 2. The highest BCUT2D eigenvalue weighted by atomic mass is 14.9. The fourth-order valence-electron chi connectivity index (χ4n) is 1.64. The van der Waals surface area contributed by atoms with E-state index in [-0.39, 0.29) is 0 Å². The number of rotatable bonds is 1. The van der Waals surface area contributed by atoms with E-state index < -0.39 is 0 Å². The summed E-state index contributed by atoms with van der Waals surface area (Å²) in [6, 6.07) is 5.52. The summed E-state index contributed by atoms with van der Waals surface area (Å²) >= 11 is 0. The van der Waals surface area contributed by atoms with Crippen LogP contribution in [0.5, 0.6) is 0 Å². The first-order chi connectivity index (χ1) is 7.84. The highest BCUT2D eigenvalue weighted by Crippen LogP contribution is 2.24. The van der Waals surface area contributed by atoms with E-state index in [9.17, 15) is 0 Å². The van der Waals surface area contributed by atoms with Gasteiger partial charge in [-0.2, -0.15) is 0 Å². The first-order valence-electron chi connectivity index (χ1n) is 4.85. The quantitative estimate of drug-likeness (QED) is 0.640. The number of fused-ring (bicyclic) bond motifs is 1. The van der Waals surface area contributed by atoms with Crippen LogP contribution in [-0.2, 0) is 0 Å². The standard InChI is InChI=1S/C11H9N5/c12-9-3-5-14-11(16-9)8-6-15-10-7(8)2-1-4-13-10/h1-6H,(H,13,15)(H2,12,14,16). The van der Waals surface area contributed by atoms with Crippen molar-refractivity contribution in [3.05, 3.63) is 36.8 Å². The zero-order chi connectivity index (χ0) is 11.0. The van der Waals surface area contributed by atoms with Crippen LogP contribution in [-0.4, -0.2) is 19.9 Å². The van der Waals surface area contributed by atoms with Gasteiger partial charge in [-0.25, -0.2) is 15.0 Å². The summed E-state index contributed by atoms with van der Waals surface area (Å²) in [5.41, 5.74) is 7.37. The molecule has 78 valence electrons. The number of nitrogens with two attached hydrogens (primary N) is 1. The molecule has 0 atom stereocenters. The van der Waals surface area contributed by atoms with Crippen LogP contribution >= 0.6 is 0 Å². The number of nitrogens with one attached hydrogen (secondary N) is 1. The lowest BCUT2D eigenvalue weighted by Gasteiger charge is -1.98. The van der Waals surface area contributed by atoms with Crippen LogP contribution in [0.4, 0.5) is 5.82 Å². The van der Waals surface area contributed by atoms with E-state index in [1.165, 1.54) is 0 Å². The summed E-state index contributed by atoms with van der Waals surface area (Å²) < 4.78 is 0. The Morgan fingerprint density at radius 2 is 2.06 bits per heavy atom. The fraction of sp³-hybridized carbons (Fsp3) is 0. The molecule has 16 heavy (non-hydrogen) atoms. The number of aromatic amines is 1. The van der Waals surface area contributed by atoms with Gasteiger partial charge in [0, 0.05) is 29.5 Å². The van der Waals surface area contributed by atoms with Crippen LogP contribution in [0, 0.1) is 0 Å². The van der Waals surface area contributed by atoms with E-state index in [4.69, 9.17) is 5.73 Å². The van der Waals surface area contributed by atoms with Gasteiger partial charge < -0.3 is 10.7 Å². The third kappa shape index (κ3) is 1.30. The number of aromatic nitrogens is 4. The topological polar surface area (TPSA) is 80.5 Å². The van der Waals surface area contributed by atoms with Crippen molar-refractivity contribution < 1.29 is 0 Å². The highest BCUT2D eigenvalue weighted by molar-refractivity contribution is 5.91. The largest absolute Gasteiger partial charge is 0.384 e. The summed E-state index contributed by atoms with van der Waals surface area (Å²) in [5, 5.41) is 0.994. The van der Waals surface area contributed by atoms with Crippen LogP contribution in [0.25, 0.3) is 22.4 Å². The lowest BCUT2D eigenvalue weighted by molar-refractivity contribution is 1.19. The van der Waals surface area contributed by atoms with Gasteiger partial charge in [0.05, 0.1) is 0 Å². The van der Waals surface area contributed by atoms with Gasteiger partial charge in [0.2, 0.25) is 0 Å². The summed E-state index contributed by atoms with van der Waals surface area (Å²) in [5.74, 6) is 1.07. The average molecular weight is 211 g/mol. The Balaban J connectivity index is 2.26. The normalized spacial score (nSPS) is 10.8. The highest BCUT2D eigenvalue weighted by Gasteiger charge is 2.08. The molecule has 3 N–H and O–H groups in total. The van der Waals surface area contributed by atoms with Gasteiger partial charge in [-0.05, 0) is 18.2 Å². The molecule has 3 heterocycles. The van der Waals surface area contributed by atoms with Crippen LogP contribution in [0.1, 0.15) is 0 Å². The van der Waals surface area contributed by atoms with Crippen molar-refractivity contribution in [2.24, 2.45) is 0 Å². The fourth-order valence-corrected chi connectivity index (χ4v) is 1.64. The zero-order valence-electron chi connectivity index (χ0n) is 8.38. The number of nitrogen functional groups attached to an aromatic ring is 1. The Morgan fingerprint density at radius 1 is 1.12 bits per heavy atom. The molecule has 3 aromatic rings. The molecule has 0 saturated carbocycles. The van der Waals surface area contributed by atoms with Gasteiger partial charge in [0.15, 0.2) is 5.82 Å². The number of pyridine rings is 1. The third-order valence-corrected chi connectivity index (χ3v) is 2.37. The monoisotopic (exact) mass is 211 g/mol.